The third-order valence-electron chi connectivity index (χ3n) is 3.25. The smallest absolute Gasteiger partial charge is 0.311 e. The third kappa shape index (κ3) is 7.03. The van der Waals surface area contributed by atoms with Crippen molar-refractivity contribution in [2.24, 2.45) is 0 Å². The van der Waals surface area contributed by atoms with Crippen molar-refractivity contribution in [3.8, 4) is 0 Å². The lowest BCUT2D eigenvalue weighted by Gasteiger charge is -2.11. The summed E-state index contributed by atoms with van der Waals surface area (Å²) in [5.41, 5.74) is 1.25. The first kappa shape index (κ1) is 20.9. The van der Waals surface area contributed by atoms with Crippen molar-refractivity contribution < 1.29 is 19.1 Å². The standard InChI is InChI=1S/C18H21N3O4S2/c1-4-25-16(23)9-14-10-26-18(20-14)21-17(24)11(2)27-15-7-5-6-13(8-15)19-12(3)22/h5-8,10-11H,4,9H2,1-3H3,(H,19,22)(H,20,21,24). The number of nitrogens with zero attached hydrogens (tertiary/aromatic N) is 1. The number of anilines is 2. The SMILES string of the molecule is CCOC(=O)Cc1csc(NC(=O)C(C)Sc2cccc(NC(C)=O)c2)n1. The van der Waals surface area contributed by atoms with Gasteiger partial charge in [-0.1, -0.05) is 6.07 Å². The van der Waals surface area contributed by atoms with Gasteiger partial charge in [0, 0.05) is 22.9 Å². The summed E-state index contributed by atoms with van der Waals surface area (Å²) in [7, 11) is 0. The molecule has 1 aromatic carbocycles. The molecule has 1 aromatic heterocycles. The number of thioether (sulfide) groups is 1. The van der Waals surface area contributed by atoms with E-state index in [2.05, 4.69) is 15.6 Å². The van der Waals surface area contributed by atoms with E-state index in [0.717, 1.165) is 4.90 Å². The summed E-state index contributed by atoms with van der Waals surface area (Å²) in [5, 5.41) is 7.28. The van der Waals surface area contributed by atoms with Crippen LogP contribution in [0.25, 0.3) is 0 Å². The summed E-state index contributed by atoms with van der Waals surface area (Å²) in [5.74, 6) is -0.684. The molecule has 1 unspecified atom stereocenters. The zero-order chi connectivity index (χ0) is 19.8. The van der Waals surface area contributed by atoms with E-state index in [1.165, 1.54) is 30.0 Å². The Hall–Kier alpha value is -2.39. The summed E-state index contributed by atoms with van der Waals surface area (Å²) >= 11 is 2.64. The number of aromatic nitrogens is 1. The summed E-state index contributed by atoms with van der Waals surface area (Å²) in [6.07, 6.45) is 0.0838. The Balaban J connectivity index is 1.91. The van der Waals surface area contributed by atoms with E-state index in [-0.39, 0.29) is 29.5 Å². The fourth-order valence-corrected chi connectivity index (χ4v) is 3.76. The van der Waals surface area contributed by atoms with Gasteiger partial charge in [0.2, 0.25) is 11.8 Å². The molecule has 2 N–H and O–H groups in total. The van der Waals surface area contributed by atoms with Crippen LogP contribution in [0.5, 0.6) is 0 Å². The fraction of sp³-hybridized carbons (Fsp3) is 0.333. The van der Waals surface area contributed by atoms with Crippen LogP contribution in [-0.4, -0.2) is 34.6 Å². The molecule has 0 saturated heterocycles. The van der Waals surface area contributed by atoms with Crippen molar-refractivity contribution >= 4 is 51.7 Å². The molecule has 144 valence electrons. The third-order valence-corrected chi connectivity index (χ3v) is 5.15. The number of hydrogen-bond acceptors (Lipinski definition) is 7. The van der Waals surface area contributed by atoms with Gasteiger partial charge in [0.05, 0.1) is 24.0 Å². The Bertz CT molecular complexity index is 822. The second kappa shape index (κ2) is 10.1. The fourth-order valence-electron chi connectivity index (χ4n) is 2.12. The summed E-state index contributed by atoms with van der Waals surface area (Å²) < 4.78 is 4.88. The number of nitrogens with one attached hydrogen (secondary N) is 2. The molecule has 7 nitrogen and oxygen atoms in total. The highest BCUT2D eigenvalue weighted by Gasteiger charge is 2.17. The number of thiazole rings is 1. The maximum Gasteiger partial charge on any atom is 0.311 e. The number of benzene rings is 1. The topological polar surface area (TPSA) is 97.4 Å². The first-order chi connectivity index (χ1) is 12.9. The van der Waals surface area contributed by atoms with Crippen LogP contribution >= 0.6 is 23.1 Å². The van der Waals surface area contributed by atoms with Gasteiger partial charge in [-0.25, -0.2) is 4.98 Å². The molecule has 2 amide bonds. The number of carbonyl (C=O) groups excluding carboxylic acids is 3. The highest BCUT2D eigenvalue weighted by molar-refractivity contribution is 8.00. The number of rotatable bonds is 8. The Morgan fingerprint density at radius 3 is 2.78 bits per heavy atom. The molecule has 0 fully saturated rings. The van der Waals surface area contributed by atoms with Gasteiger partial charge in [0.15, 0.2) is 5.13 Å². The Morgan fingerprint density at radius 2 is 2.07 bits per heavy atom. The quantitative estimate of drug-likeness (QED) is 0.515. The number of hydrogen-bond donors (Lipinski definition) is 2. The number of ether oxygens (including phenoxy) is 1. The van der Waals surface area contributed by atoms with Crippen LogP contribution in [0.4, 0.5) is 10.8 Å². The van der Waals surface area contributed by atoms with E-state index in [1.54, 1.807) is 25.3 Å². The average molecular weight is 408 g/mol. The maximum absolute atomic E-state index is 12.4. The van der Waals surface area contributed by atoms with Crippen molar-refractivity contribution in [1.29, 1.82) is 0 Å². The number of carbonyl (C=O) groups is 3. The molecule has 0 saturated carbocycles. The van der Waals surface area contributed by atoms with Crippen LogP contribution < -0.4 is 10.6 Å². The lowest BCUT2D eigenvalue weighted by molar-refractivity contribution is -0.142. The van der Waals surface area contributed by atoms with Gasteiger partial charge in [0.1, 0.15) is 0 Å². The molecule has 0 aliphatic heterocycles. The van der Waals surface area contributed by atoms with E-state index in [4.69, 9.17) is 4.74 Å². The molecule has 0 radical (unpaired) electrons. The van der Waals surface area contributed by atoms with Crippen molar-refractivity contribution in [3.63, 3.8) is 0 Å². The van der Waals surface area contributed by atoms with Gasteiger partial charge < -0.3 is 15.4 Å². The second-order valence-corrected chi connectivity index (χ2v) is 7.86. The second-order valence-electron chi connectivity index (χ2n) is 5.58. The number of amides is 2. The molecule has 1 atom stereocenters. The van der Waals surface area contributed by atoms with Crippen molar-refractivity contribution in [1.82, 2.24) is 4.98 Å². The molecule has 2 rings (SSSR count). The van der Waals surface area contributed by atoms with E-state index < -0.39 is 0 Å². The normalized spacial score (nSPS) is 11.5. The van der Waals surface area contributed by atoms with Crippen molar-refractivity contribution in [2.75, 3.05) is 17.2 Å². The molecule has 0 spiro atoms. The average Bonchev–Trinajstić information content (AvgIpc) is 3.01. The molecule has 2 aromatic rings. The highest BCUT2D eigenvalue weighted by atomic mass is 32.2. The van der Waals surface area contributed by atoms with Gasteiger partial charge in [-0.2, -0.15) is 0 Å². The van der Waals surface area contributed by atoms with Gasteiger partial charge in [-0.15, -0.1) is 23.1 Å². The van der Waals surface area contributed by atoms with Crippen LogP contribution in [0.15, 0.2) is 34.5 Å². The monoisotopic (exact) mass is 407 g/mol. The predicted octanol–water partition coefficient (Wildman–Crippen LogP) is 3.33. The molecule has 0 aliphatic rings. The maximum atomic E-state index is 12.4. The lowest BCUT2D eigenvalue weighted by atomic mass is 10.3. The van der Waals surface area contributed by atoms with Crippen molar-refractivity contribution in [3.05, 3.63) is 35.3 Å². The zero-order valence-electron chi connectivity index (χ0n) is 15.3. The van der Waals surface area contributed by atoms with Crippen LogP contribution in [0, 0.1) is 0 Å². The summed E-state index contributed by atoms with van der Waals surface area (Å²) in [6, 6.07) is 7.30. The van der Waals surface area contributed by atoms with Crippen LogP contribution in [0.3, 0.4) is 0 Å². The summed E-state index contributed by atoms with van der Waals surface area (Å²) in [6.45, 7) is 5.30. The van der Waals surface area contributed by atoms with Gasteiger partial charge in [-0.3, -0.25) is 14.4 Å². The molecule has 0 bridgehead atoms. The van der Waals surface area contributed by atoms with E-state index in [0.29, 0.717) is 23.1 Å². The van der Waals surface area contributed by atoms with Crippen LogP contribution in [0.2, 0.25) is 0 Å². The lowest BCUT2D eigenvalue weighted by Crippen LogP contribution is -2.22. The molecule has 0 aliphatic carbocycles. The van der Waals surface area contributed by atoms with E-state index in [9.17, 15) is 14.4 Å². The van der Waals surface area contributed by atoms with E-state index >= 15 is 0 Å². The molecule has 27 heavy (non-hydrogen) atoms. The van der Waals surface area contributed by atoms with Gasteiger partial charge in [0.25, 0.3) is 0 Å². The minimum atomic E-state index is -0.366. The Kier molecular flexibility index (Phi) is 7.81. The van der Waals surface area contributed by atoms with E-state index in [1.807, 2.05) is 18.2 Å². The molecule has 1 heterocycles. The Morgan fingerprint density at radius 1 is 1.30 bits per heavy atom. The summed E-state index contributed by atoms with van der Waals surface area (Å²) in [4.78, 5) is 40.1. The first-order valence-electron chi connectivity index (χ1n) is 8.32. The van der Waals surface area contributed by atoms with Crippen LogP contribution in [-0.2, 0) is 25.5 Å². The largest absolute Gasteiger partial charge is 0.466 e. The van der Waals surface area contributed by atoms with Crippen molar-refractivity contribution in [2.45, 2.75) is 37.3 Å². The van der Waals surface area contributed by atoms with Gasteiger partial charge in [-0.05, 0) is 32.0 Å². The minimum Gasteiger partial charge on any atom is -0.466 e. The zero-order valence-corrected chi connectivity index (χ0v) is 16.9. The minimum absolute atomic E-state index is 0.0838. The number of esters is 1. The highest BCUT2D eigenvalue weighted by Crippen LogP contribution is 2.27. The van der Waals surface area contributed by atoms with Crippen LogP contribution in [0.1, 0.15) is 26.5 Å². The first-order valence-corrected chi connectivity index (χ1v) is 10.1. The molecular formula is C18H21N3O4S2. The molecule has 9 heteroatoms. The van der Waals surface area contributed by atoms with Gasteiger partial charge >= 0.3 is 5.97 Å². The molecular weight excluding hydrogens is 386 g/mol. The predicted molar refractivity (Wildman–Crippen MR) is 107 cm³/mol. The Labute approximate surface area is 165 Å².